The number of amides is 2. The van der Waals surface area contributed by atoms with Gasteiger partial charge in [0.1, 0.15) is 0 Å². The third-order valence-corrected chi connectivity index (χ3v) is 6.12. The first-order chi connectivity index (χ1) is 14.1. The molecule has 1 aromatic carbocycles. The minimum Gasteiger partial charge on any atom is -0.355 e. The van der Waals surface area contributed by atoms with E-state index in [1.807, 2.05) is 35.2 Å². The molecular weight excluding hydrogens is 386 g/mol. The first-order valence-electron chi connectivity index (χ1n) is 10.3. The van der Waals surface area contributed by atoms with Crippen molar-refractivity contribution in [2.24, 2.45) is 0 Å². The summed E-state index contributed by atoms with van der Waals surface area (Å²) in [6, 6.07) is 10.2. The van der Waals surface area contributed by atoms with Crippen LogP contribution in [-0.4, -0.2) is 56.9 Å². The molecule has 0 radical (unpaired) electrons. The van der Waals surface area contributed by atoms with E-state index in [-0.39, 0.29) is 23.6 Å². The van der Waals surface area contributed by atoms with Crippen LogP contribution in [0.3, 0.4) is 0 Å². The minimum atomic E-state index is -0.0933. The Balaban J connectivity index is 1.55. The van der Waals surface area contributed by atoms with Gasteiger partial charge in [0, 0.05) is 37.7 Å². The Morgan fingerprint density at radius 2 is 1.90 bits per heavy atom. The second kappa shape index (κ2) is 10.4. The molecule has 0 bridgehead atoms. The molecule has 2 heterocycles. The van der Waals surface area contributed by atoms with E-state index in [0.717, 1.165) is 48.9 Å². The summed E-state index contributed by atoms with van der Waals surface area (Å²) in [6.07, 6.45) is 3.46. The summed E-state index contributed by atoms with van der Waals surface area (Å²) in [4.78, 5) is 26.2. The van der Waals surface area contributed by atoms with E-state index in [4.69, 9.17) is 0 Å². The maximum absolute atomic E-state index is 12.2. The van der Waals surface area contributed by atoms with Crippen molar-refractivity contribution in [3.8, 4) is 11.4 Å². The average Bonchev–Trinajstić information content (AvgIpc) is 3.42. The number of carbonyl (C=O) groups is 2. The molecule has 1 aromatic heterocycles. The summed E-state index contributed by atoms with van der Waals surface area (Å²) in [5, 5.41) is 12.3. The predicted molar refractivity (Wildman–Crippen MR) is 115 cm³/mol. The topological polar surface area (TPSA) is 80.1 Å². The van der Waals surface area contributed by atoms with Gasteiger partial charge in [-0.3, -0.25) is 14.2 Å². The fourth-order valence-electron chi connectivity index (χ4n) is 3.35. The molecule has 1 saturated heterocycles. The summed E-state index contributed by atoms with van der Waals surface area (Å²) < 4.78 is 2.10. The van der Waals surface area contributed by atoms with Gasteiger partial charge in [0.05, 0.1) is 5.75 Å². The van der Waals surface area contributed by atoms with Crippen LogP contribution in [0.5, 0.6) is 0 Å². The van der Waals surface area contributed by atoms with Crippen molar-refractivity contribution in [1.82, 2.24) is 25.0 Å². The van der Waals surface area contributed by atoms with Crippen LogP contribution < -0.4 is 5.32 Å². The Morgan fingerprint density at radius 3 is 2.59 bits per heavy atom. The first kappa shape index (κ1) is 21.4. The number of hydrogen-bond acceptors (Lipinski definition) is 5. The molecule has 1 atom stereocenters. The fraction of sp³-hybridized carbons (Fsp3) is 0.524. The number of hydrogen-bond donors (Lipinski definition) is 1. The lowest BCUT2D eigenvalue weighted by Crippen LogP contribution is -2.33. The molecule has 1 fully saturated rings. The van der Waals surface area contributed by atoms with Crippen molar-refractivity contribution in [2.45, 2.75) is 50.7 Å². The van der Waals surface area contributed by atoms with E-state index in [9.17, 15) is 9.59 Å². The molecule has 0 aliphatic carbocycles. The summed E-state index contributed by atoms with van der Waals surface area (Å²) in [7, 11) is 0. The molecule has 2 aromatic rings. The van der Waals surface area contributed by atoms with Crippen molar-refractivity contribution >= 4 is 23.6 Å². The second-order valence-electron chi connectivity index (χ2n) is 7.28. The first-order valence-corrected chi connectivity index (χ1v) is 11.3. The van der Waals surface area contributed by atoms with E-state index < -0.39 is 0 Å². The maximum atomic E-state index is 12.2. The quantitative estimate of drug-likeness (QED) is 0.637. The Morgan fingerprint density at radius 1 is 1.17 bits per heavy atom. The van der Waals surface area contributed by atoms with Gasteiger partial charge in [0.2, 0.25) is 11.8 Å². The monoisotopic (exact) mass is 415 g/mol. The molecule has 7 nitrogen and oxygen atoms in total. The highest BCUT2D eigenvalue weighted by Gasteiger charge is 2.20. The van der Waals surface area contributed by atoms with Crippen LogP contribution in [0.2, 0.25) is 0 Å². The zero-order valence-electron chi connectivity index (χ0n) is 17.1. The summed E-state index contributed by atoms with van der Waals surface area (Å²) >= 11 is 1.38. The molecule has 0 spiro atoms. The number of thioether (sulfide) groups is 1. The van der Waals surface area contributed by atoms with E-state index in [1.165, 1.54) is 11.8 Å². The van der Waals surface area contributed by atoms with Gasteiger partial charge >= 0.3 is 0 Å². The van der Waals surface area contributed by atoms with Crippen molar-refractivity contribution in [3.63, 3.8) is 0 Å². The standard InChI is InChI=1S/C21H29N5O2S/c1-3-16(2)26-20(17-9-5-4-6-10-17)23-24-21(26)29-15-18(27)22-12-11-19(28)25-13-7-8-14-25/h4-6,9-10,16H,3,7-8,11-15H2,1-2H3,(H,22,27). The maximum Gasteiger partial charge on any atom is 0.230 e. The molecule has 1 aliphatic heterocycles. The number of carbonyl (C=O) groups excluding carboxylic acids is 2. The van der Waals surface area contributed by atoms with Gasteiger partial charge in [-0.1, -0.05) is 49.0 Å². The SMILES string of the molecule is CCC(C)n1c(SCC(=O)NCCC(=O)N2CCCC2)nnc1-c1ccccc1. The lowest BCUT2D eigenvalue weighted by Gasteiger charge is -2.16. The number of rotatable bonds is 9. The molecule has 0 saturated carbocycles. The lowest BCUT2D eigenvalue weighted by atomic mass is 10.2. The molecule has 29 heavy (non-hydrogen) atoms. The van der Waals surface area contributed by atoms with Gasteiger partial charge in [0.15, 0.2) is 11.0 Å². The number of aromatic nitrogens is 3. The van der Waals surface area contributed by atoms with E-state index in [0.29, 0.717) is 13.0 Å². The normalized spacial score (nSPS) is 14.8. The van der Waals surface area contributed by atoms with Crippen LogP contribution >= 0.6 is 11.8 Å². The van der Waals surface area contributed by atoms with Crippen molar-refractivity contribution in [2.75, 3.05) is 25.4 Å². The highest BCUT2D eigenvalue weighted by atomic mass is 32.2. The zero-order chi connectivity index (χ0) is 20.6. The van der Waals surface area contributed by atoms with E-state index in [2.05, 4.69) is 33.9 Å². The second-order valence-corrected chi connectivity index (χ2v) is 8.22. The van der Waals surface area contributed by atoms with Gasteiger partial charge in [-0.15, -0.1) is 10.2 Å². The molecule has 1 unspecified atom stereocenters. The molecule has 156 valence electrons. The van der Waals surface area contributed by atoms with Gasteiger partial charge in [0.25, 0.3) is 0 Å². The molecule has 8 heteroatoms. The summed E-state index contributed by atoms with van der Waals surface area (Å²) in [5.41, 5.74) is 1.01. The summed E-state index contributed by atoms with van der Waals surface area (Å²) in [5.74, 6) is 1.10. The lowest BCUT2D eigenvalue weighted by molar-refractivity contribution is -0.130. The van der Waals surface area contributed by atoms with E-state index >= 15 is 0 Å². The largest absolute Gasteiger partial charge is 0.355 e. The van der Waals surface area contributed by atoms with Crippen LogP contribution in [0.4, 0.5) is 0 Å². The molecule has 2 amide bonds. The number of nitrogens with zero attached hydrogens (tertiary/aromatic N) is 4. The average molecular weight is 416 g/mol. The van der Waals surface area contributed by atoms with Crippen LogP contribution in [0.15, 0.2) is 35.5 Å². The van der Waals surface area contributed by atoms with Crippen LogP contribution in [0, 0.1) is 0 Å². The van der Waals surface area contributed by atoms with Crippen LogP contribution in [0.25, 0.3) is 11.4 Å². The highest BCUT2D eigenvalue weighted by molar-refractivity contribution is 7.99. The Bertz CT molecular complexity index is 818. The van der Waals surface area contributed by atoms with Crippen LogP contribution in [-0.2, 0) is 9.59 Å². The molecule has 1 N–H and O–H groups in total. The van der Waals surface area contributed by atoms with Crippen molar-refractivity contribution in [3.05, 3.63) is 30.3 Å². The van der Waals surface area contributed by atoms with Gasteiger partial charge in [-0.05, 0) is 26.2 Å². The number of nitrogens with one attached hydrogen (secondary N) is 1. The Kier molecular flexibility index (Phi) is 7.69. The van der Waals surface area contributed by atoms with E-state index in [1.54, 1.807) is 0 Å². The highest BCUT2D eigenvalue weighted by Crippen LogP contribution is 2.28. The fourth-order valence-corrected chi connectivity index (χ4v) is 4.22. The van der Waals surface area contributed by atoms with Crippen molar-refractivity contribution in [1.29, 1.82) is 0 Å². The Labute approximate surface area is 176 Å². The smallest absolute Gasteiger partial charge is 0.230 e. The molecule has 3 rings (SSSR count). The van der Waals surface area contributed by atoms with Gasteiger partial charge < -0.3 is 10.2 Å². The molecule has 1 aliphatic rings. The zero-order valence-corrected chi connectivity index (χ0v) is 18.0. The van der Waals surface area contributed by atoms with Gasteiger partial charge in [-0.2, -0.15) is 0 Å². The van der Waals surface area contributed by atoms with Gasteiger partial charge in [-0.25, -0.2) is 0 Å². The number of benzene rings is 1. The van der Waals surface area contributed by atoms with Crippen molar-refractivity contribution < 1.29 is 9.59 Å². The third kappa shape index (κ3) is 5.59. The number of likely N-dealkylation sites (tertiary alicyclic amines) is 1. The van der Waals surface area contributed by atoms with Crippen LogP contribution in [0.1, 0.15) is 45.6 Å². The minimum absolute atomic E-state index is 0.0933. The summed E-state index contributed by atoms with van der Waals surface area (Å²) in [6.45, 7) is 6.32. The Hall–Kier alpha value is -2.35. The predicted octanol–water partition coefficient (Wildman–Crippen LogP) is 3.14. The third-order valence-electron chi connectivity index (χ3n) is 5.18. The molecular formula is C21H29N5O2S.